The monoisotopic (exact) mass is 439 g/mol. The van der Waals surface area contributed by atoms with Gasteiger partial charge in [0.2, 0.25) is 0 Å². The van der Waals surface area contributed by atoms with E-state index in [4.69, 9.17) is 4.74 Å². The number of rotatable bonds is 6. The number of methoxy groups -OCH3 is 1. The van der Waals surface area contributed by atoms with Gasteiger partial charge in [0.15, 0.2) is 5.96 Å². The molecule has 0 amide bonds. The summed E-state index contributed by atoms with van der Waals surface area (Å²) >= 11 is 1.81. The first-order valence-electron chi connectivity index (χ1n) is 7.06. The van der Waals surface area contributed by atoms with Gasteiger partial charge in [-0.2, -0.15) is 0 Å². The lowest BCUT2D eigenvalue weighted by Gasteiger charge is -2.18. The number of ether oxygens (including phenoxy) is 1. The Hall–Kier alpha value is -0.830. The van der Waals surface area contributed by atoms with Crippen molar-refractivity contribution >= 4 is 47.2 Å². The van der Waals surface area contributed by atoms with Gasteiger partial charge in [-0.1, -0.05) is 6.92 Å². The van der Waals surface area contributed by atoms with Gasteiger partial charge in [-0.05, 0) is 26.0 Å². The SMILES string of the molecule is CN=C(NCC(C)C(=O)OC)NC(C)Cc1ccc(C)s1.I. The van der Waals surface area contributed by atoms with Gasteiger partial charge < -0.3 is 15.4 Å². The van der Waals surface area contributed by atoms with Crippen LogP contribution in [0.3, 0.4) is 0 Å². The Morgan fingerprint density at radius 1 is 1.41 bits per heavy atom. The van der Waals surface area contributed by atoms with Crippen molar-refractivity contribution in [3.8, 4) is 0 Å². The van der Waals surface area contributed by atoms with E-state index in [1.165, 1.54) is 16.9 Å². The average molecular weight is 439 g/mol. The van der Waals surface area contributed by atoms with Crippen LogP contribution in [-0.4, -0.2) is 38.7 Å². The number of carbonyl (C=O) groups excluding carboxylic acids is 1. The molecule has 7 heteroatoms. The van der Waals surface area contributed by atoms with Crippen molar-refractivity contribution < 1.29 is 9.53 Å². The summed E-state index contributed by atoms with van der Waals surface area (Å²) in [5, 5.41) is 6.48. The summed E-state index contributed by atoms with van der Waals surface area (Å²) in [6, 6.07) is 4.56. The molecule has 0 bridgehead atoms. The number of nitrogens with zero attached hydrogens (tertiary/aromatic N) is 1. The van der Waals surface area contributed by atoms with Gasteiger partial charge in [0, 0.05) is 35.8 Å². The number of carbonyl (C=O) groups is 1. The molecule has 1 heterocycles. The van der Waals surface area contributed by atoms with Crippen LogP contribution in [-0.2, 0) is 16.0 Å². The molecule has 0 radical (unpaired) electrons. The Morgan fingerprint density at radius 2 is 2.09 bits per heavy atom. The molecule has 0 saturated carbocycles. The fourth-order valence-corrected chi connectivity index (χ4v) is 2.93. The number of thiophene rings is 1. The Balaban J connectivity index is 0.00000441. The highest BCUT2D eigenvalue weighted by molar-refractivity contribution is 14.0. The largest absolute Gasteiger partial charge is 0.469 e. The lowest BCUT2D eigenvalue weighted by atomic mass is 10.2. The summed E-state index contributed by atoms with van der Waals surface area (Å²) in [4.78, 5) is 18.2. The van der Waals surface area contributed by atoms with Gasteiger partial charge in [-0.25, -0.2) is 0 Å². The zero-order valence-corrected chi connectivity index (χ0v) is 17.0. The third kappa shape index (κ3) is 7.44. The van der Waals surface area contributed by atoms with Crippen molar-refractivity contribution in [1.82, 2.24) is 10.6 Å². The maximum atomic E-state index is 11.4. The van der Waals surface area contributed by atoms with E-state index in [1.807, 2.05) is 18.3 Å². The molecule has 5 nitrogen and oxygen atoms in total. The first-order chi connectivity index (χ1) is 9.96. The van der Waals surface area contributed by atoms with Crippen molar-refractivity contribution in [2.24, 2.45) is 10.9 Å². The lowest BCUT2D eigenvalue weighted by molar-refractivity contribution is -0.144. The van der Waals surface area contributed by atoms with Gasteiger partial charge in [0.1, 0.15) is 0 Å². The fourth-order valence-electron chi connectivity index (χ4n) is 1.91. The number of hydrogen-bond donors (Lipinski definition) is 2. The van der Waals surface area contributed by atoms with Gasteiger partial charge in [-0.3, -0.25) is 9.79 Å². The zero-order valence-electron chi connectivity index (χ0n) is 13.8. The molecule has 22 heavy (non-hydrogen) atoms. The molecular weight excluding hydrogens is 413 g/mol. The minimum absolute atomic E-state index is 0. The minimum atomic E-state index is -0.222. The predicted molar refractivity (Wildman–Crippen MR) is 103 cm³/mol. The van der Waals surface area contributed by atoms with Gasteiger partial charge in [-0.15, -0.1) is 35.3 Å². The molecule has 0 aliphatic heterocycles. The molecule has 0 aromatic carbocycles. The summed E-state index contributed by atoms with van der Waals surface area (Å²) in [7, 11) is 3.12. The van der Waals surface area contributed by atoms with Crippen LogP contribution in [0.4, 0.5) is 0 Å². The Labute approximate surface area is 154 Å². The number of halogens is 1. The molecule has 0 spiro atoms. The van der Waals surface area contributed by atoms with E-state index < -0.39 is 0 Å². The molecule has 1 aromatic rings. The van der Waals surface area contributed by atoms with Crippen molar-refractivity contribution in [2.75, 3.05) is 20.7 Å². The number of hydrogen-bond acceptors (Lipinski definition) is 4. The lowest BCUT2D eigenvalue weighted by Crippen LogP contribution is -2.45. The van der Waals surface area contributed by atoms with Crippen molar-refractivity contribution in [3.05, 3.63) is 21.9 Å². The van der Waals surface area contributed by atoms with Crippen molar-refractivity contribution in [3.63, 3.8) is 0 Å². The molecule has 0 aliphatic rings. The van der Waals surface area contributed by atoms with Crippen LogP contribution in [0, 0.1) is 12.8 Å². The highest BCUT2D eigenvalue weighted by Gasteiger charge is 2.14. The van der Waals surface area contributed by atoms with Crippen LogP contribution in [0.25, 0.3) is 0 Å². The fraction of sp³-hybridized carbons (Fsp3) is 0.600. The van der Waals surface area contributed by atoms with E-state index in [2.05, 4.69) is 41.6 Å². The highest BCUT2D eigenvalue weighted by atomic mass is 127. The predicted octanol–water partition coefficient (Wildman–Crippen LogP) is 2.58. The molecule has 126 valence electrons. The molecular formula is C15H26IN3O2S. The average Bonchev–Trinajstić information content (AvgIpc) is 2.86. The molecule has 0 fully saturated rings. The number of guanidine groups is 1. The van der Waals surface area contributed by atoms with Crippen LogP contribution < -0.4 is 10.6 Å². The first-order valence-corrected chi connectivity index (χ1v) is 7.88. The van der Waals surface area contributed by atoms with E-state index in [0.29, 0.717) is 12.5 Å². The molecule has 1 aromatic heterocycles. The molecule has 0 aliphatic carbocycles. The molecule has 0 saturated heterocycles. The van der Waals surface area contributed by atoms with Crippen LogP contribution in [0.1, 0.15) is 23.6 Å². The van der Waals surface area contributed by atoms with Crippen LogP contribution in [0.5, 0.6) is 0 Å². The third-order valence-corrected chi connectivity index (χ3v) is 4.11. The minimum Gasteiger partial charge on any atom is -0.469 e. The normalized spacial score (nSPS) is 13.8. The second-order valence-corrected chi connectivity index (χ2v) is 6.51. The standard InChI is InChI=1S/C15H25N3O2S.HI/c1-10(14(19)20-5)9-17-15(16-4)18-11(2)8-13-7-6-12(3)21-13;/h6-7,10-11H,8-9H2,1-5H3,(H2,16,17,18);1H. The van der Waals surface area contributed by atoms with Crippen molar-refractivity contribution in [1.29, 1.82) is 0 Å². The maximum absolute atomic E-state index is 11.4. The maximum Gasteiger partial charge on any atom is 0.310 e. The van der Waals surface area contributed by atoms with Gasteiger partial charge in [0.05, 0.1) is 13.0 Å². The van der Waals surface area contributed by atoms with Crippen LogP contribution in [0.2, 0.25) is 0 Å². The van der Waals surface area contributed by atoms with Crippen LogP contribution in [0.15, 0.2) is 17.1 Å². The van der Waals surface area contributed by atoms with Gasteiger partial charge >= 0.3 is 5.97 Å². The van der Waals surface area contributed by atoms with E-state index in [1.54, 1.807) is 7.05 Å². The second-order valence-electron chi connectivity index (χ2n) is 5.14. The number of aliphatic imine (C=N–C) groups is 1. The van der Waals surface area contributed by atoms with E-state index in [0.717, 1.165) is 6.42 Å². The summed E-state index contributed by atoms with van der Waals surface area (Å²) in [5.74, 6) is 0.274. The smallest absolute Gasteiger partial charge is 0.310 e. The topological polar surface area (TPSA) is 62.7 Å². The molecule has 2 atom stereocenters. The van der Waals surface area contributed by atoms with Crippen molar-refractivity contribution in [2.45, 2.75) is 33.2 Å². The second kappa shape index (κ2) is 10.8. The summed E-state index contributed by atoms with van der Waals surface area (Å²) in [5.41, 5.74) is 0. The highest BCUT2D eigenvalue weighted by Crippen LogP contribution is 2.16. The molecule has 2 unspecified atom stereocenters. The van der Waals surface area contributed by atoms with Gasteiger partial charge in [0.25, 0.3) is 0 Å². The Kier molecular flexibility index (Phi) is 10.4. The van der Waals surface area contributed by atoms with E-state index in [-0.39, 0.29) is 41.9 Å². The van der Waals surface area contributed by atoms with Crippen LogP contribution >= 0.6 is 35.3 Å². The molecule has 1 rings (SSSR count). The summed E-state index contributed by atoms with van der Waals surface area (Å²) < 4.78 is 4.70. The Morgan fingerprint density at radius 3 is 2.59 bits per heavy atom. The number of nitrogens with one attached hydrogen (secondary N) is 2. The third-order valence-electron chi connectivity index (χ3n) is 3.09. The number of aryl methyl sites for hydroxylation is 1. The molecule has 2 N–H and O–H groups in total. The summed E-state index contributed by atoms with van der Waals surface area (Å²) in [6.45, 7) is 6.55. The van der Waals surface area contributed by atoms with E-state index >= 15 is 0 Å². The Bertz CT molecular complexity index is 491. The zero-order chi connectivity index (χ0) is 15.8. The summed E-state index contributed by atoms with van der Waals surface area (Å²) in [6.07, 6.45) is 0.950. The number of esters is 1. The quantitative estimate of drug-likeness (QED) is 0.310. The first kappa shape index (κ1) is 21.2. The van der Waals surface area contributed by atoms with E-state index in [9.17, 15) is 4.79 Å².